The minimum atomic E-state index is -0.779. The van der Waals surface area contributed by atoms with Crippen molar-refractivity contribution in [1.29, 1.82) is 0 Å². The zero-order valence-electron chi connectivity index (χ0n) is 61.7. The molecule has 5 nitrogen and oxygen atoms in total. The molecule has 0 aromatic heterocycles. The van der Waals surface area contributed by atoms with Gasteiger partial charge in [-0.1, -0.05) is 397 Å². The molecule has 0 aromatic carbocycles. The molecule has 94 heavy (non-hydrogen) atoms. The average molecular weight is 1300 g/mol. The number of rotatable bonds is 73. The first-order chi connectivity index (χ1) is 46.6. The molecule has 0 aliphatic heterocycles. The molecule has 5 heteroatoms. The molecule has 0 aliphatic rings. The van der Waals surface area contributed by atoms with Crippen LogP contribution in [0, 0.1) is 0 Å². The number of allylic oxidation sites excluding steroid dienone is 26. The highest BCUT2D eigenvalue weighted by Crippen LogP contribution is 2.19. The molecule has 0 saturated heterocycles. The minimum absolute atomic E-state index is 0.0668. The number of hydrogen-bond donors (Lipinski definition) is 1. The van der Waals surface area contributed by atoms with Gasteiger partial charge in [-0.05, 0) is 122 Å². The Morgan fingerprint density at radius 1 is 0.245 bits per heavy atom. The molecule has 0 spiro atoms. The van der Waals surface area contributed by atoms with E-state index in [4.69, 9.17) is 9.47 Å². The normalized spacial score (nSPS) is 13.1. The van der Waals surface area contributed by atoms with Gasteiger partial charge in [0, 0.05) is 12.8 Å². The van der Waals surface area contributed by atoms with Gasteiger partial charge in [0.25, 0.3) is 0 Å². The minimum Gasteiger partial charge on any atom is -0.462 e. The van der Waals surface area contributed by atoms with E-state index < -0.39 is 6.10 Å². The van der Waals surface area contributed by atoms with Crippen molar-refractivity contribution in [1.82, 2.24) is 0 Å². The topological polar surface area (TPSA) is 72.8 Å². The number of ether oxygens (including phenoxy) is 2. The van der Waals surface area contributed by atoms with Crippen molar-refractivity contribution < 1.29 is 24.2 Å². The van der Waals surface area contributed by atoms with Gasteiger partial charge >= 0.3 is 11.9 Å². The van der Waals surface area contributed by atoms with E-state index >= 15 is 0 Å². The van der Waals surface area contributed by atoms with Crippen LogP contribution >= 0.6 is 0 Å². The molecule has 0 aromatic rings. The fourth-order valence-corrected chi connectivity index (χ4v) is 11.4. The number of aliphatic hydroxyl groups is 1. The SMILES string of the molecule is CC/C=C\C/C=C\C/C=C\C/C=C\C/C=C\C/C=C\C/C=C\CCCCCCCCCCCCCCCCCCCC(=O)OC(CO)COC(=O)CCCCCCCCCCCCCCCCCCCCCCCC/C=C\C/C=C\C/C=C\C/C=C\C/C=C\C/C=C\CC. The smallest absolute Gasteiger partial charge is 0.306 e. The molecule has 0 saturated carbocycles. The quantitative estimate of drug-likeness (QED) is 0.0373. The summed E-state index contributed by atoms with van der Waals surface area (Å²) in [5.74, 6) is -0.578. The van der Waals surface area contributed by atoms with E-state index in [0.717, 1.165) is 122 Å². The van der Waals surface area contributed by atoms with Gasteiger partial charge in [-0.25, -0.2) is 0 Å². The third kappa shape index (κ3) is 80.0. The predicted octanol–water partition coefficient (Wildman–Crippen LogP) is 28.5. The molecule has 0 fully saturated rings. The highest BCUT2D eigenvalue weighted by molar-refractivity contribution is 5.70. The zero-order chi connectivity index (χ0) is 67.5. The van der Waals surface area contributed by atoms with E-state index in [1.165, 1.54) is 225 Å². The second kappa shape index (κ2) is 82.7. The Kier molecular flexibility index (Phi) is 78.8. The molecule has 0 bridgehead atoms. The predicted molar refractivity (Wildman–Crippen MR) is 417 cm³/mol. The van der Waals surface area contributed by atoms with Gasteiger partial charge in [0.2, 0.25) is 0 Å². The van der Waals surface area contributed by atoms with Gasteiger partial charge in [0.1, 0.15) is 6.61 Å². The molecule has 0 amide bonds. The summed E-state index contributed by atoms with van der Waals surface area (Å²) in [6, 6.07) is 0. The summed E-state index contributed by atoms with van der Waals surface area (Å²) in [7, 11) is 0. The Balaban J connectivity index is 3.44. The van der Waals surface area contributed by atoms with Crippen molar-refractivity contribution >= 4 is 11.9 Å². The standard InChI is InChI=1S/C89H150O5/c1-3-5-7-9-11-13-15-17-19-21-23-25-27-29-31-33-35-37-39-41-43-44-46-47-49-51-53-55-57-59-61-63-65-67-69-71-73-75-77-79-81-83-88(91)93-86-87(85-90)94-89(92)84-82-80-78-76-74-72-70-68-66-64-62-60-58-56-54-52-50-48-45-42-40-38-36-34-32-30-28-26-24-22-20-18-16-14-12-10-8-6-4-2/h5-8,11-14,17-20,23-26,29-32,35-38,42,45,87,90H,3-4,9-10,15-16,21-22,27-28,33-34,39-41,43-44,46-86H2,1-2H3/b7-5-,8-6-,13-11-,14-12-,19-17-,20-18-,25-23-,26-24-,31-29-,32-30-,37-35-,38-36-,45-42-. The second-order valence-electron chi connectivity index (χ2n) is 26.4. The zero-order valence-corrected chi connectivity index (χ0v) is 61.7. The Hall–Kier alpha value is -4.48. The van der Waals surface area contributed by atoms with Crippen LogP contribution in [-0.2, 0) is 19.1 Å². The Labute approximate surface area is 583 Å². The molecule has 1 N–H and O–H groups in total. The first-order valence-electron chi connectivity index (χ1n) is 40.0. The maximum Gasteiger partial charge on any atom is 0.306 e. The highest BCUT2D eigenvalue weighted by Gasteiger charge is 2.16. The molecule has 0 rings (SSSR count). The van der Waals surface area contributed by atoms with Gasteiger partial charge < -0.3 is 14.6 Å². The second-order valence-corrected chi connectivity index (χ2v) is 26.4. The maximum atomic E-state index is 12.4. The number of esters is 2. The van der Waals surface area contributed by atoms with Crippen LogP contribution in [0.15, 0.2) is 158 Å². The van der Waals surface area contributed by atoms with Crippen LogP contribution in [0.25, 0.3) is 0 Å². The van der Waals surface area contributed by atoms with Crippen LogP contribution in [0.3, 0.4) is 0 Å². The fourth-order valence-electron chi connectivity index (χ4n) is 11.4. The molecule has 0 aliphatic carbocycles. The highest BCUT2D eigenvalue weighted by atomic mass is 16.6. The molecule has 1 unspecified atom stereocenters. The number of carbonyl (C=O) groups excluding carboxylic acids is 2. The number of aliphatic hydroxyl groups excluding tert-OH is 1. The van der Waals surface area contributed by atoms with Crippen molar-refractivity contribution in [3.8, 4) is 0 Å². The molecular weight excluding hydrogens is 1150 g/mol. The van der Waals surface area contributed by atoms with E-state index in [2.05, 4.69) is 172 Å². The first-order valence-corrected chi connectivity index (χ1v) is 40.0. The van der Waals surface area contributed by atoms with Crippen LogP contribution in [-0.4, -0.2) is 36.4 Å². The average Bonchev–Trinajstić information content (AvgIpc) is 3.65. The van der Waals surface area contributed by atoms with Crippen LogP contribution in [0.1, 0.15) is 373 Å². The summed E-state index contributed by atoms with van der Waals surface area (Å²) < 4.78 is 10.8. The van der Waals surface area contributed by atoms with Gasteiger partial charge in [-0.15, -0.1) is 0 Å². The molecule has 536 valence electrons. The van der Waals surface area contributed by atoms with Crippen molar-refractivity contribution in [2.45, 2.75) is 380 Å². The fraction of sp³-hybridized carbons (Fsp3) is 0.685. The Morgan fingerprint density at radius 2 is 0.426 bits per heavy atom. The van der Waals surface area contributed by atoms with Gasteiger partial charge in [0.05, 0.1) is 6.61 Å². The molecular formula is C89H150O5. The third-order valence-electron chi connectivity index (χ3n) is 17.3. The Morgan fingerprint density at radius 3 is 0.638 bits per heavy atom. The maximum absolute atomic E-state index is 12.4. The molecule has 0 heterocycles. The monoisotopic (exact) mass is 1300 g/mol. The van der Waals surface area contributed by atoms with Gasteiger partial charge in [-0.2, -0.15) is 0 Å². The summed E-state index contributed by atoms with van der Waals surface area (Å²) in [4.78, 5) is 24.7. The number of hydrogen-bond acceptors (Lipinski definition) is 5. The molecule has 1 atom stereocenters. The van der Waals surface area contributed by atoms with Crippen molar-refractivity contribution in [2.75, 3.05) is 13.2 Å². The molecule has 0 radical (unpaired) electrons. The number of carbonyl (C=O) groups is 2. The summed E-state index contributed by atoms with van der Waals surface area (Å²) >= 11 is 0. The summed E-state index contributed by atoms with van der Waals surface area (Å²) in [5.41, 5.74) is 0. The summed E-state index contributed by atoms with van der Waals surface area (Å²) in [6.45, 7) is 3.94. The lowest BCUT2D eigenvalue weighted by molar-refractivity contribution is -0.161. The van der Waals surface area contributed by atoms with E-state index in [1.54, 1.807) is 0 Å². The van der Waals surface area contributed by atoms with E-state index in [0.29, 0.717) is 12.8 Å². The van der Waals surface area contributed by atoms with Crippen LogP contribution in [0.5, 0.6) is 0 Å². The van der Waals surface area contributed by atoms with Gasteiger partial charge in [0.15, 0.2) is 6.10 Å². The van der Waals surface area contributed by atoms with E-state index in [9.17, 15) is 14.7 Å². The lowest BCUT2D eigenvalue weighted by Gasteiger charge is -2.15. The van der Waals surface area contributed by atoms with Crippen molar-refractivity contribution in [3.05, 3.63) is 158 Å². The summed E-state index contributed by atoms with van der Waals surface area (Å²) in [6.07, 6.45) is 126. The largest absolute Gasteiger partial charge is 0.462 e. The Bertz CT molecular complexity index is 1960. The van der Waals surface area contributed by atoms with E-state index in [-0.39, 0.29) is 25.2 Å². The van der Waals surface area contributed by atoms with E-state index in [1.807, 2.05) is 0 Å². The van der Waals surface area contributed by atoms with Gasteiger partial charge in [-0.3, -0.25) is 9.59 Å². The number of unbranched alkanes of at least 4 members (excludes halogenated alkanes) is 39. The third-order valence-corrected chi connectivity index (χ3v) is 17.3. The lowest BCUT2D eigenvalue weighted by atomic mass is 10.0. The van der Waals surface area contributed by atoms with Crippen LogP contribution in [0.2, 0.25) is 0 Å². The van der Waals surface area contributed by atoms with Crippen LogP contribution < -0.4 is 0 Å². The first kappa shape index (κ1) is 89.5. The lowest BCUT2D eigenvalue weighted by Crippen LogP contribution is -2.28. The van der Waals surface area contributed by atoms with Crippen molar-refractivity contribution in [3.63, 3.8) is 0 Å². The van der Waals surface area contributed by atoms with Crippen molar-refractivity contribution in [2.24, 2.45) is 0 Å². The van der Waals surface area contributed by atoms with Crippen LogP contribution in [0.4, 0.5) is 0 Å². The summed E-state index contributed by atoms with van der Waals surface area (Å²) in [5, 5.41) is 9.73.